The van der Waals surface area contributed by atoms with E-state index in [0.29, 0.717) is 11.1 Å². The second-order valence-corrected chi connectivity index (χ2v) is 7.46. The van der Waals surface area contributed by atoms with Gasteiger partial charge in [0.1, 0.15) is 0 Å². The van der Waals surface area contributed by atoms with Crippen molar-refractivity contribution in [1.29, 1.82) is 0 Å². The van der Waals surface area contributed by atoms with Gasteiger partial charge < -0.3 is 0 Å². The van der Waals surface area contributed by atoms with E-state index in [9.17, 15) is 13.2 Å². The molecule has 0 saturated carbocycles. The monoisotopic (exact) mass is 314 g/mol. The summed E-state index contributed by atoms with van der Waals surface area (Å²) < 4.78 is 23.8. The van der Waals surface area contributed by atoms with Gasteiger partial charge in [0.2, 0.25) is 0 Å². The van der Waals surface area contributed by atoms with Crippen molar-refractivity contribution in [3.05, 3.63) is 40.8 Å². The van der Waals surface area contributed by atoms with Gasteiger partial charge >= 0.3 is 0 Å². The van der Waals surface area contributed by atoms with Crippen molar-refractivity contribution < 1.29 is 13.2 Å². The molecule has 0 bridgehead atoms. The van der Waals surface area contributed by atoms with E-state index in [4.69, 9.17) is 11.6 Å². The third kappa shape index (κ3) is 2.88. The van der Waals surface area contributed by atoms with Crippen molar-refractivity contribution in [3.63, 3.8) is 0 Å². The molecule has 0 fully saturated rings. The molecule has 0 aliphatic heterocycles. The normalized spacial score (nSPS) is 11.5. The van der Waals surface area contributed by atoms with Gasteiger partial charge in [-0.1, -0.05) is 6.07 Å². The summed E-state index contributed by atoms with van der Waals surface area (Å²) in [6.07, 6.45) is 1.12. The number of aryl methyl sites for hydroxylation is 1. The first-order chi connectivity index (χ1) is 8.80. The summed E-state index contributed by atoms with van der Waals surface area (Å²) in [5.74, 6) is 0. The molecule has 3 nitrogen and oxygen atoms in total. The Balaban J connectivity index is 2.81. The maximum Gasteiger partial charge on any atom is 0.252 e. The number of benzene rings is 1. The van der Waals surface area contributed by atoms with Crippen LogP contribution < -0.4 is 0 Å². The van der Waals surface area contributed by atoms with Crippen LogP contribution in [0.2, 0.25) is 0 Å². The lowest BCUT2D eigenvalue weighted by molar-refractivity contribution is 0.108. The highest BCUT2D eigenvalue weighted by Crippen LogP contribution is 2.33. The topological polar surface area (TPSA) is 51.2 Å². The smallest absolute Gasteiger partial charge is 0.252 e. The Hall–Kier alpha value is -1.17. The van der Waals surface area contributed by atoms with E-state index in [0.717, 1.165) is 11.1 Å². The zero-order valence-electron chi connectivity index (χ0n) is 10.3. The van der Waals surface area contributed by atoms with Gasteiger partial charge in [0, 0.05) is 22.3 Å². The zero-order chi connectivity index (χ0) is 14.2. The fourth-order valence-electron chi connectivity index (χ4n) is 1.83. The van der Waals surface area contributed by atoms with Gasteiger partial charge in [-0.05, 0) is 47.7 Å². The van der Waals surface area contributed by atoms with Crippen molar-refractivity contribution in [3.8, 4) is 10.4 Å². The van der Waals surface area contributed by atoms with E-state index in [1.54, 1.807) is 13.0 Å². The number of rotatable bonds is 3. The van der Waals surface area contributed by atoms with Gasteiger partial charge in [0.25, 0.3) is 5.24 Å². The molecule has 19 heavy (non-hydrogen) atoms. The minimum absolute atomic E-state index is 0.129. The Morgan fingerprint density at radius 2 is 2.00 bits per heavy atom. The van der Waals surface area contributed by atoms with Crippen LogP contribution in [-0.2, 0) is 9.84 Å². The second-order valence-electron chi connectivity index (χ2n) is 4.19. The second kappa shape index (κ2) is 5.07. The van der Waals surface area contributed by atoms with Gasteiger partial charge in [-0.3, -0.25) is 4.79 Å². The molecule has 1 aromatic carbocycles. The van der Waals surface area contributed by atoms with E-state index in [-0.39, 0.29) is 10.5 Å². The number of thiophene rings is 1. The van der Waals surface area contributed by atoms with Crippen LogP contribution in [0.1, 0.15) is 15.9 Å². The van der Waals surface area contributed by atoms with E-state index in [1.165, 1.54) is 17.4 Å². The molecule has 0 saturated heterocycles. The maximum absolute atomic E-state index is 11.9. The predicted octanol–water partition coefficient (Wildman–Crippen LogP) is 3.51. The summed E-state index contributed by atoms with van der Waals surface area (Å²) >= 11 is 6.92. The fraction of sp³-hybridized carbons (Fsp3) is 0.154. The third-order valence-electron chi connectivity index (χ3n) is 2.72. The van der Waals surface area contributed by atoms with Crippen LogP contribution in [0.25, 0.3) is 10.4 Å². The van der Waals surface area contributed by atoms with Crippen LogP contribution in [0, 0.1) is 6.92 Å². The molecule has 0 N–H and O–H groups in total. The van der Waals surface area contributed by atoms with Crippen molar-refractivity contribution in [1.82, 2.24) is 0 Å². The SMILES string of the molecule is Cc1cc(-c2cccs2)c(S(C)(=O)=O)cc1C(=O)Cl. The van der Waals surface area contributed by atoms with Crippen LogP contribution in [0.4, 0.5) is 0 Å². The first kappa shape index (κ1) is 14.2. The van der Waals surface area contributed by atoms with Crippen LogP contribution in [0.3, 0.4) is 0 Å². The van der Waals surface area contributed by atoms with E-state index in [1.807, 2.05) is 17.5 Å². The lowest BCUT2D eigenvalue weighted by atomic mass is 10.0. The Bertz CT molecular complexity index is 731. The minimum atomic E-state index is -3.44. The predicted molar refractivity (Wildman–Crippen MR) is 77.8 cm³/mol. The van der Waals surface area contributed by atoms with Gasteiger partial charge in [-0.2, -0.15) is 0 Å². The van der Waals surface area contributed by atoms with E-state index < -0.39 is 15.1 Å². The van der Waals surface area contributed by atoms with Crippen molar-refractivity contribution >= 4 is 38.0 Å². The Labute approximate surface area is 120 Å². The highest BCUT2D eigenvalue weighted by Gasteiger charge is 2.19. The summed E-state index contributed by atoms with van der Waals surface area (Å²) in [4.78, 5) is 12.3. The zero-order valence-corrected chi connectivity index (χ0v) is 12.7. The lowest BCUT2D eigenvalue weighted by Crippen LogP contribution is -2.04. The van der Waals surface area contributed by atoms with E-state index >= 15 is 0 Å². The van der Waals surface area contributed by atoms with Gasteiger partial charge in [-0.25, -0.2) is 8.42 Å². The molecule has 0 spiro atoms. The van der Waals surface area contributed by atoms with E-state index in [2.05, 4.69) is 0 Å². The number of carbonyl (C=O) groups is 1. The molecule has 6 heteroatoms. The van der Waals surface area contributed by atoms with Gasteiger partial charge in [-0.15, -0.1) is 11.3 Å². The Morgan fingerprint density at radius 1 is 1.32 bits per heavy atom. The molecule has 0 radical (unpaired) electrons. The standard InChI is InChI=1S/C13H11ClO3S2/c1-8-6-10(11-4-3-5-18-11)12(19(2,16)17)7-9(8)13(14)15/h3-7H,1-2H3. The molecule has 100 valence electrons. The molecule has 1 heterocycles. The molecule has 2 rings (SSSR count). The van der Waals surface area contributed by atoms with Crippen molar-refractivity contribution in [2.75, 3.05) is 6.26 Å². The van der Waals surface area contributed by atoms with Crippen LogP contribution >= 0.6 is 22.9 Å². The van der Waals surface area contributed by atoms with Crippen molar-refractivity contribution in [2.45, 2.75) is 11.8 Å². The minimum Gasteiger partial charge on any atom is -0.276 e. The first-order valence-corrected chi connectivity index (χ1v) is 8.54. The number of halogens is 1. The summed E-state index contributed by atoms with van der Waals surface area (Å²) in [6, 6.07) is 6.74. The molecular formula is C13H11ClO3S2. The number of carbonyl (C=O) groups excluding carboxylic acids is 1. The molecule has 0 amide bonds. The average Bonchev–Trinajstić information content (AvgIpc) is 2.79. The Morgan fingerprint density at radius 3 is 2.47 bits per heavy atom. The molecule has 0 atom stereocenters. The molecule has 0 aliphatic carbocycles. The fourth-order valence-corrected chi connectivity index (χ4v) is 3.76. The summed E-state index contributed by atoms with van der Waals surface area (Å²) in [7, 11) is -3.44. The van der Waals surface area contributed by atoms with Gasteiger partial charge in [0.05, 0.1) is 4.90 Å². The summed E-state index contributed by atoms with van der Waals surface area (Å²) in [5.41, 5.74) is 1.50. The molecule has 0 unspecified atom stereocenters. The van der Waals surface area contributed by atoms with Gasteiger partial charge in [0.15, 0.2) is 9.84 Å². The highest BCUT2D eigenvalue weighted by atomic mass is 35.5. The quantitative estimate of drug-likeness (QED) is 0.815. The molecule has 2 aromatic rings. The third-order valence-corrected chi connectivity index (χ3v) is 4.97. The number of sulfone groups is 1. The average molecular weight is 315 g/mol. The molecule has 1 aromatic heterocycles. The highest BCUT2D eigenvalue weighted by molar-refractivity contribution is 7.90. The first-order valence-electron chi connectivity index (χ1n) is 5.39. The number of hydrogen-bond acceptors (Lipinski definition) is 4. The summed E-state index contributed by atoms with van der Waals surface area (Å²) in [6.45, 7) is 1.73. The maximum atomic E-state index is 11.9. The van der Waals surface area contributed by atoms with Crippen LogP contribution in [0.15, 0.2) is 34.5 Å². The number of hydrogen-bond donors (Lipinski definition) is 0. The lowest BCUT2D eigenvalue weighted by Gasteiger charge is -2.10. The molecular weight excluding hydrogens is 304 g/mol. The van der Waals surface area contributed by atoms with Crippen LogP contribution in [0.5, 0.6) is 0 Å². The Kier molecular flexibility index (Phi) is 3.80. The summed E-state index contributed by atoms with van der Waals surface area (Å²) in [5, 5.41) is 1.22. The van der Waals surface area contributed by atoms with Crippen LogP contribution in [-0.4, -0.2) is 19.9 Å². The van der Waals surface area contributed by atoms with Crippen molar-refractivity contribution in [2.24, 2.45) is 0 Å². The largest absolute Gasteiger partial charge is 0.276 e. The molecule has 0 aliphatic rings.